The fourth-order valence-corrected chi connectivity index (χ4v) is 3.59. The highest BCUT2D eigenvalue weighted by Gasteiger charge is 2.16. The standard InChI is InChI=1S/C23H19N/c1-2-16-5-11-22-20(13-16)8-9-21-14-19(10-12-23(21)22)18-6-3-17(15-24)4-7-18/h3-7,10-14H,2,8-9H2,1H3. The van der Waals surface area contributed by atoms with Crippen molar-refractivity contribution in [1.82, 2.24) is 0 Å². The molecule has 0 aliphatic heterocycles. The summed E-state index contributed by atoms with van der Waals surface area (Å²) in [5.41, 5.74) is 10.2. The van der Waals surface area contributed by atoms with E-state index in [1.54, 1.807) is 0 Å². The maximum atomic E-state index is 8.94. The number of hydrogen-bond acceptors (Lipinski definition) is 1. The average molecular weight is 309 g/mol. The van der Waals surface area contributed by atoms with Crippen LogP contribution in [0.2, 0.25) is 0 Å². The summed E-state index contributed by atoms with van der Waals surface area (Å²) < 4.78 is 0. The minimum Gasteiger partial charge on any atom is -0.192 e. The second kappa shape index (κ2) is 5.98. The van der Waals surface area contributed by atoms with Gasteiger partial charge in [0.05, 0.1) is 11.6 Å². The first kappa shape index (κ1) is 14.7. The lowest BCUT2D eigenvalue weighted by atomic mass is 9.83. The second-order valence-electron chi connectivity index (χ2n) is 6.41. The Balaban J connectivity index is 1.75. The van der Waals surface area contributed by atoms with E-state index in [1.807, 2.05) is 24.3 Å². The molecular weight excluding hydrogens is 290 g/mol. The van der Waals surface area contributed by atoms with Crippen LogP contribution in [-0.4, -0.2) is 0 Å². The van der Waals surface area contributed by atoms with E-state index in [4.69, 9.17) is 5.26 Å². The normalized spacial score (nSPS) is 12.2. The zero-order valence-electron chi connectivity index (χ0n) is 13.8. The molecule has 0 bridgehead atoms. The van der Waals surface area contributed by atoms with E-state index in [0.29, 0.717) is 5.56 Å². The molecule has 3 aromatic carbocycles. The van der Waals surface area contributed by atoms with E-state index in [1.165, 1.54) is 38.9 Å². The third kappa shape index (κ3) is 2.51. The Morgan fingerprint density at radius 3 is 2.08 bits per heavy atom. The molecule has 0 atom stereocenters. The zero-order valence-corrected chi connectivity index (χ0v) is 13.8. The van der Waals surface area contributed by atoms with Crippen molar-refractivity contribution < 1.29 is 0 Å². The summed E-state index contributed by atoms with van der Waals surface area (Å²) in [6, 6.07) is 23.7. The average Bonchev–Trinajstić information content (AvgIpc) is 2.67. The minimum atomic E-state index is 0.706. The Bertz CT molecular complexity index is 943. The number of rotatable bonds is 2. The van der Waals surface area contributed by atoms with E-state index >= 15 is 0 Å². The molecule has 1 aliphatic rings. The van der Waals surface area contributed by atoms with Gasteiger partial charge in [-0.3, -0.25) is 0 Å². The quantitative estimate of drug-likeness (QED) is 0.608. The van der Waals surface area contributed by atoms with Gasteiger partial charge in [0.1, 0.15) is 0 Å². The van der Waals surface area contributed by atoms with Crippen molar-refractivity contribution in [3.8, 4) is 28.3 Å². The number of nitriles is 1. The van der Waals surface area contributed by atoms with Crippen molar-refractivity contribution in [2.24, 2.45) is 0 Å². The van der Waals surface area contributed by atoms with E-state index < -0.39 is 0 Å². The largest absolute Gasteiger partial charge is 0.192 e. The Morgan fingerprint density at radius 1 is 0.792 bits per heavy atom. The molecule has 1 aliphatic carbocycles. The molecule has 116 valence electrons. The lowest BCUT2D eigenvalue weighted by Crippen LogP contribution is -2.04. The van der Waals surface area contributed by atoms with Gasteiger partial charge in [-0.1, -0.05) is 55.5 Å². The van der Waals surface area contributed by atoms with Crippen LogP contribution < -0.4 is 0 Å². The van der Waals surface area contributed by atoms with Crippen LogP contribution in [0.25, 0.3) is 22.3 Å². The van der Waals surface area contributed by atoms with Crippen LogP contribution in [-0.2, 0) is 19.3 Å². The molecular formula is C23H19N. The van der Waals surface area contributed by atoms with Crippen molar-refractivity contribution in [2.75, 3.05) is 0 Å². The highest BCUT2D eigenvalue weighted by Crippen LogP contribution is 2.36. The van der Waals surface area contributed by atoms with Crippen LogP contribution in [0.3, 0.4) is 0 Å². The molecule has 0 fully saturated rings. The van der Waals surface area contributed by atoms with Crippen LogP contribution in [0.1, 0.15) is 29.2 Å². The molecule has 24 heavy (non-hydrogen) atoms. The van der Waals surface area contributed by atoms with Crippen molar-refractivity contribution in [3.63, 3.8) is 0 Å². The molecule has 0 saturated heterocycles. The van der Waals surface area contributed by atoms with Gasteiger partial charge >= 0.3 is 0 Å². The number of nitrogens with zero attached hydrogens (tertiary/aromatic N) is 1. The number of aryl methyl sites for hydroxylation is 3. The first-order valence-electron chi connectivity index (χ1n) is 8.54. The van der Waals surface area contributed by atoms with Crippen molar-refractivity contribution in [2.45, 2.75) is 26.2 Å². The molecule has 4 rings (SSSR count). The maximum Gasteiger partial charge on any atom is 0.0991 e. The Kier molecular flexibility index (Phi) is 3.67. The summed E-state index contributed by atoms with van der Waals surface area (Å²) in [4.78, 5) is 0. The molecule has 0 heterocycles. The van der Waals surface area contributed by atoms with Crippen LogP contribution in [0, 0.1) is 11.3 Å². The van der Waals surface area contributed by atoms with Crippen LogP contribution in [0.5, 0.6) is 0 Å². The van der Waals surface area contributed by atoms with Crippen molar-refractivity contribution >= 4 is 0 Å². The highest BCUT2D eigenvalue weighted by atomic mass is 14.2. The van der Waals surface area contributed by atoms with Gasteiger partial charge in [-0.15, -0.1) is 0 Å². The minimum absolute atomic E-state index is 0.706. The first-order valence-corrected chi connectivity index (χ1v) is 8.54. The van der Waals surface area contributed by atoms with Crippen LogP contribution in [0.4, 0.5) is 0 Å². The number of fused-ring (bicyclic) bond motifs is 3. The molecule has 0 saturated carbocycles. The molecule has 0 spiro atoms. The van der Waals surface area contributed by atoms with Crippen LogP contribution >= 0.6 is 0 Å². The number of hydrogen-bond donors (Lipinski definition) is 0. The number of benzene rings is 3. The fourth-order valence-electron chi connectivity index (χ4n) is 3.59. The van der Waals surface area contributed by atoms with Gasteiger partial charge in [-0.05, 0) is 70.3 Å². The molecule has 0 radical (unpaired) electrons. The van der Waals surface area contributed by atoms with Gasteiger partial charge in [0.2, 0.25) is 0 Å². The van der Waals surface area contributed by atoms with Gasteiger partial charge < -0.3 is 0 Å². The summed E-state index contributed by atoms with van der Waals surface area (Å²) in [7, 11) is 0. The molecule has 1 nitrogen and oxygen atoms in total. The monoisotopic (exact) mass is 309 g/mol. The lowest BCUT2D eigenvalue weighted by molar-refractivity contribution is 0.936. The lowest BCUT2D eigenvalue weighted by Gasteiger charge is -2.21. The zero-order chi connectivity index (χ0) is 16.5. The van der Waals surface area contributed by atoms with Crippen molar-refractivity contribution in [3.05, 3.63) is 82.9 Å². The van der Waals surface area contributed by atoms with E-state index in [-0.39, 0.29) is 0 Å². The van der Waals surface area contributed by atoms with E-state index in [9.17, 15) is 0 Å². The molecule has 0 unspecified atom stereocenters. The van der Waals surface area contributed by atoms with Gasteiger partial charge in [0.25, 0.3) is 0 Å². The fraction of sp³-hybridized carbons (Fsp3) is 0.174. The molecule has 1 heteroatoms. The first-order chi connectivity index (χ1) is 11.8. The second-order valence-corrected chi connectivity index (χ2v) is 6.41. The predicted molar refractivity (Wildman–Crippen MR) is 98.8 cm³/mol. The van der Waals surface area contributed by atoms with Crippen LogP contribution in [0.15, 0.2) is 60.7 Å². The molecule has 0 aromatic heterocycles. The summed E-state index contributed by atoms with van der Waals surface area (Å²) in [6.07, 6.45) is 3.31. The van der Waals surface area contributed by atoms with Gasteiger partial charge in [-0.2, -0.15) is 5.26 Å². The van der Waals surface area contributed by atoms with Gasteiger partial charge in [0, 0.05) is 0 Å². The summed E-state index contributed by atoms with van der Waals surface area (Å²) in [5, 5.41) is 8.94. The topological polar surface area (TPSA) is 23.8 Å². The predicted octanol–water partition coefficient (Wildman–Crippen LogP) is 5.55. The summed E-state index contributed by atoms with van der Waals surface area (Å²) in [5.74, 6) is 0. The molecule has 3 aromatic rings. The third-order valence-electron chi connectivity index (χ3n) is 4.98. The molecule has 0 N–H and O–H groups in total. The maximum absolute atomic E-state index is 8.94. The SMILES string of the molecule is CCc1ccc2c(c1)CCc1cc(-c3ccc(C#N)cc3)ccc1-2. The third-order valence-corrected chi connectivity index (χ3v) is 4.98. The Hall–Kier alpha value is -2.85. The van der Waals surface area contributed by atoms with Gasteiger partial charge in [0.15, 0.2) is 0 Å². The highest BCUT2D eigenvalue weighted by molar-refractivity contribution is 5.77. The summed E-state index contributed by atoms with van der Waals surface area (Å²) in [6.45, 7) is 2.21. The Labute approximate surface area is 143 Å². The smallest absolute Gasteiger partial charge is 0.0991 e. The van der Waals surface area contributed by atoms with Gasteiger partial charge in [-0.25, -0.2) is 0 Å². The van der Waals surface area contributed by atoms with Crippen molar-refractivity contribution in [1.29, 1.82) is 5.26 Å². The van der Waals surface area contributed by atoms with E-state index in [0.717, 1.165) is 19.3 Å². The summed E-state index contributed by atoms with van der Waals surface area (Å²) >= 11 is 0. The Morgan fingerprint density at radius 2 is 1.42 bits per heavy atom. The molecule has 0 amide bonds. The van der Waals surface area contributed by atoms with E-state index in [2.05, 4.69) is 49.4 Å².